The predicted octanol–water partition coefficient (Wildman–Crippen LogP) is 1.23. The largest absolute Gasteiger partial charge is 0.364 e. The van der Waals surface area contributed by atoms with Crippen molar-refractivity contribution in [3.8, 4) is 0 Å². The van der Waals surface area contributed by atoms with E-state index in [0.29, 0.717) is 5.41 Å². The fraction of sp³-hybridized carbons (Fsp3) is 0.636. The summed E-state index contributed by atoms with van der Waals surface area (Å²) in [7, 11) is 0. The topological polar surface area (TPSA) is 53.8 Å². The third-order valence-electron chi connectivity index (χ3n) is 3.33. The number of aromatic nitrogens is 1. The molecule has 1 aromatic rings. The molecule has 0 unspecified atom stereocenters. The van der Waals surface area contributed by atoms with Gasteiger partial charge < -0.3 is 16.0 Å². The zero-order valence-electron chi connectivity index (χ0n) is 8.55. The zero-order chi connectivity index (χ0) is 9.86. The molecule has 14 heavy (non-hydrogen) atoms. The van der Waals surface area contributed by atoms with Crippen LogP contribution in [0.1, 0.15) is 25.0 Å². The molecular weight excluding hydrogens is 174 g/mol. The van der Waals surface area contributed by atoms with Crippen molar-refractivity contribution >= 4 is 0 Å². The average molecular weight is 193 g/mol. The highest BCUT2D eigenvalue weighted by atomic mass is 14.9. The lowest BCUT2D eigenvalue weighted by molar-refractivity contribution is 0.140. The summed E-state index contributed by atoms with van der Waals surface area (Å²) in [5, 5.41) is 3.47. The van der Waals surface area contributed by atoms with E-state index in [9.17, 15) is 0 Å². The summed E-state index contributed by atoms with van der Waals surface area (Å²) in [6.45, 7) is 2.81. The molecule has 0 aromatic carbocycles. The summed E-state index contributed by atoms with van der Waals surface area (Å²) in [6.07, 6.45) is 5.89. The highest BCUT2D eigenvalue weighted by Crippen LogP contribution is 2.39. The molecular formula is C11H19N3. The molecule has 0 radical (unpaired) electrons. The Balaban J connectivity index is 1.72. The van der Waals surface area contributed by atoms with Crippen molar-refractivity contribution in [1.29, 1.82) is 0 Å². The summed E-state index contributed by atoms with van der Waals surface area (Å²) in [4.78, 5) is 3.18. The number of hydrogen-bond donors (Lipinski definition) is 3. The molecule has 3 heteroatoms. The lowest BCUT2D eigenvalue weighted by atomic mass is 9.69. The van der Waals surface area contributed by atoms with Gasteiger partial charge in [0.25, 0.3) is 0 Å². The molecule has 1 aliphatic rings. The Kier molecular flexibility index (Phi) is 2.89. The predicted molar refractivity (Wildman–Crippen MR) is 57.8 cm³/mol. The average Bonchev–Trinajstić information content (AvgIpc) is 2.62. The number of aromatic amines is 1. The second-order valence-corrected chi connectivity index (χ2v) is 4.36. The van der Waals surface area contributed by atoms with Crippen LogP contribution >= 0.6 is 0 Å². The third kappa shape index (κ3) is 1.99. The van der Waals surface area contributed by atoms with E-state index in [1.807, 2.05) is 12.3 Å². The molecule has 1 aliphatic carbocycles. The molecule has 2 rings (SSSR count). The van der Waals surface area contributed by atoms with Crippen molar-refractivity contribution in [2.45, 2.75) is 25.8 Å². The minimum atomic E-state index is 0.409. The van der Waals surface area contributed by atoms with Crippen LogP contribution in [0.2, 0.25) is 0 Å². The zero-order valence-corrected chi connectivity index (χ0v) is 8.55. The van der Waals surface area contributed by atoms with E-state index < -0.39 is 0 Å². The monoisotopic (exact) mass is 193 g/mol. The SMILES string of the molecule is NCC1(CNCc2ccc[nH]2)CCC1. The minimum Gasteiger partial charge on any atom is -0.364 e. The molecule has 0 bridgehead atoms. The molecule has 1 aromatic heterocycles. The molecule has 0 saturated heterocycles. The Morgan fingerprint density at radius 2 is 2.36 bits per heavy atom. The van der Waals surface area contributed by atoms with Gasteiger partial charge in [-0.25, -0.2) is 0 Å². The number of rotatable bonds is 5. The summed E-state index contributed by atoms with van der Waals surface area (Å²) < 4.78 is 0. The lowest BCUT2D eigenvalue weighted by Crippen LogP contribution is -2.45. The standard InChI is InChI=1S/C11H19N3/c12-8-11(4-2-5-11)9-13-7-10-3-1-6-14-10/h1,3,6,13-14H,2,4-5,7-9,12H2. The van der Waals surface area contributed by atoms with Crippen molar-refractivity contribution in [2.24, 2.45) is 11.1 Å². The molecule has 0 aliphatic heterocycles. The molecule has 1 saturated carbocycles. The van der Waals surface area contributed by atoms with E-state index in [-0.39, 0.29) is 0 Å². The Hall–Kier alpha value is -0.800. The van der Waals surface area contributed by atoms with Gasteiger partial charge in [0.1, 0.15) is 0 Å². The molecule has 3 nitrogen and oxygen atoms in total. The first-order chi connectivity index (χ1) is 6.85. The van der Waals surface area contributed by atoms with Crippen LogP contribution < -0.4 is 11.1 Å². The van der Waals surface area contributed by atoms with E-state index in [4.69, 9.17) is 5.73 Å². The molecule has 4 N–H and O–H groups in total. The van der Waals surface area contributed by atoms with Gasteiger partial charge in [0.05, 0.1) is 0 Å². The number of hydrogen-bond acceptors (Lipinski definition) is 2. The number of nitrogens with two attached hydrogens (primary N) is 1. The van der Waals surface area contributed by atoms with E-state index in [1.54, 1.807) is 0 Å². The van der Waals surface area contributed by atoms with E-state index in [2.05, 4.69) is 16.4 Å². The quantitative estimate of drug-likeness (QED) is 0.659. The maximum absolute atomic E-state index is 5.78. The summed E-state index contributed by atoms with van der Waals surface area (Å²) in [6, 6.07) is 4.13. The summed E-state index contributed by atoms with van der Waals surface area (Å²) in [5.41, 5.74) is 7.44. The third-order valence-corrected chi connectivity index (χ3v) is 3.33. The Labute approximate surface area is 85.1 Å². The van der Waals surface area contributed by atoms with Gasteiger partial charge in [0, 0.05) is 25.0 Å². The van der Waals surface area contributed by atoms with Crippen molar-refractivity contribution in [1.82, 2.24) is 10.3 Å². The fourth-order valence-corrected chi connectivity index (χ4v) is 2.07. The lowest BCUT2D eigenvalue weighted by Gasteiger charge is -2.41. The smallest absolute Gasteiger partial charge is 0.0357 e. The summed E-state index contributed by atoms with van der Waals surface area (Å²) in [5.74, 6) is 0. The minimum absolute atomic E-state index is 0.409. The number of nitrogens with one attached hydrogen (secondary N) is 2. The van der Waals surface area contributed by atoms with Crippen LogP contribution in [0.4, 0.5) is 0 Å². The van der Waals surface area contributed by atoms with E-state index in [1.165, 1.54) is 25.0 Å². The van der Waals surface area contributed by atoms with Crippen LogP contribution in [-0.2, 0) is 6.54 Å². The van der Waals surface area contributed by atoms with Crippen LogP contribution in [0.5, 0.6) is 0 Å². The van der Waals surface area contributed by atoms with Crippen LogP contribution in [0.15, 0.2) is 18.3 Å². The molecule has 0 spiro atoms. The van der Waals surface area contributed by atoms with E-state index in [0.717, 1.165) is 19.6 Å². The van der Waals surface area contributed by atoms with Gasteiger partial charge in [-0.2, -0.15) is 0 Å². The second kappa shape index (κ2) is 4.15. The van der Waals surface area contributed by atoms with Gasteiger partial charge in [-0.15, -0.1) is 0 Å². The Morgan fingerprint density at radius 1 is 1.50 bits per heavy atom. The molecule has 78 valence electrons. The highest BCUT2D eigenvalue weighted by Gasteiger charge is 2.34. The van der Waals surface area contributed by atoms with Gasteiger partial charge in [-0.05, 0) is 36.9 Å². The highest BCUT2D eigenvalue weighted by molar-refractivity contribution is 5.03. The van der Waals surface area contributed by atoms with Crippen molar-refractivity contribution in [3.63, 3.8) is 0 Å². The first-order valence-corrected chi connectivity index (χ1v) is 5.38. The molecule has 1 heterocycles. The van der Waals surface area contributed by atoms with Crippen LogP contribution in [0, 0.1) is 5.41 Å². The fourth-order valence-electron chi connectivity index (χ4n) is 2.07. The van der Waals surface area contributed by atoms with Crippen LogP contribution in [0.3, 0.4) is 0 Å². The van der Waals surface area contributed by atoms with Gasteiger partial charge in [-0.1, -0.05) is 6.42 Å². The maximum Gasteiger partial charge on any atom is 0.0357 e. The van der Waals surface area contributed by atoms with Crippen molar-refractivity contribution in [2.75, 3.05) is 13.1 Å². The van der Waals surface area contributed by atoms with Gasteiger partial charge in [-0.3, -0.25) is 0 Å². The van der Waals surface area contributed by atoms with Gasteiger partial charge in [0.2, 0.25) is 0 Å². The Morgan fingerprint density at radius 3 is 2.86 bits per heavy atom. The van der Waals surface area contributed by atoms with Gasteiger partial charge in [0.15, 0.2) is 0 Å². The molecule has 0 atom stereocenters. The van der Waals surface area contributed by atoms with Crippen molar-refractivity contribution in [3.05, 3.63) is 24.0 Å². The normalized spacial score (nSPS) is 19.2. The second-order valence-electron chi connectivity index (χ2n) is 4.36. The first kappa shape index (κ1) is 9.74. The molecule has 0 amide bonds. The van der Waals surface area contributed by atoms with Crippen LogP contribution in [-0.4, -0.2) is 18.1 Å². The van der Waals surface area contributed by atoms with E-state index >= 15 is 0 Å². The first-order valence-electron chi connectivity index (χ1n) is 5.38. The number of H-pyrrole nitrogens is 1. The molecule has 1 fully saturated rings. The summed E-state index contributed by atoms with van der Waals surface area (Å²) >= 11 is 0. The van der Waals surface area contributed by atoms with Gasteiger partial charge >= 0.3 is 0 Å². The Bertz CT molecular complexity index is 257. The van der Waals surface area contributed by atoms with Crippen LogP contribution in [0.25, 0.3) is 0 Å². The van der Waals surface area contributed by atoms with Crippen molar-refractivity contribution < 1.29 is 0 Å². The maximum atomic E-state index is 5.78.